The fourth-order valence-electron chi connectivity index (χ4n) is 1.54. The summed E-state index contributed by atoms with van der Waals surface area (Å²) < 4.78 is 31.5. The average molecular weight is 266 g/mol. The number of anilines is 3. The summed E-state index contributed by atoms with van der Waals surface area (Å²) in [6, 6.07) is 5.02. The third-order valence-electron chi connectivity index (χ3n) is 2.35. The fourth-order valence-corrected chi connectivity index (χ4v) is 1.54. The minimum absolute atomic E-state index is 0.159. The van der Waals surface area contributed by atoms with Crippen LogP contribution in [0.15, 0.2) is 30.5 Å². The smallest absolute Gasteiger partial charge is 0.190 e. The lowest BCUT2D eigenvalue weighted by molar-refractivity contribution is 0.360. The molecular weight excluding hydrogens is 256 g/mol. The van der Waals surface area contributed by atoms with Gasteiger partial charge in [-0.1, -0.05) is 0 Å². The molecule has 0 amide bonds. The van der Waals surface area contributed by atoms with E-state index in [1.807, 2.05) is 0 Å². The molecule has 5 nitrogen and oxygen atoms in total. The second-order valence-electron chi connectivity index (χ2n) is 3.63. The fraction of sp³-hybridized carbons (Fsp3) is 0.0833. The van der Waals surface area contributed by atoms with Crippen LogP contribution in [0.4, 0.5) is 26.0 Å². The van der Waals surface area contributed by atoms with Crippen molar-refractivity contribution in [2.24, 2.45) is 0 Å². The first-order valence-electron chi connectivity index (χ1n) is 5.28. The molecule has 2 N–H and O–H groups in total. The lowest BCUT2D eigenvalue weighted by Gasteiger charge is -2.12. The third kappa shape index (κ3) is 2.89. The monoisotopic (exact) mass is 266 g/mol. The van der Waals surface area contributed by atoms with Gasteiger partial charge in [0.2, 0.25) is 0 Å². The molecule has 2 rings (SSSR count). The average Bonchev–Trinajstić information content (AvgIpc) is 2.38. The number of nitrogens with one attached hydrogen (secondary N) is 2. The second kappa shape index (κ2) is 5.49. The van der Waals surface area contributed by atoms with E-state index < -0.39 is 17.4 Å². The van der Waals surface area contributed by atoms with Crippen LogP contribution in [0.2, 0.25) is 0 Å². The minimum Gasteiger partial charge on any atom is -0.761 e. The van der Waals surface area contributed by atoms with E-state index in [0.717, 1.165) is 12.1 Å². The lowest BCUT2D eigenvalue weighted by atomic mass is 10.2. The number of aromatic nitrogens is 1. The number of benzene rings is 1. The Morgan fingerprint density at radius 1 is 1.16 bits per heavy atom. The molecule has 0 fully saturated rings. The molecule has 0 unspecified atom stereocenters. The van der Waals surface area contributed by atoms with Crippen LogP contribution < -0.4 is 15.5 Å². The van der Waals surface area contributed by atoms with E-state index >= 15 is 0 Å². The zero-order chi connectivity index (χ0) is 13.8. The molecule has 0 bridgehead atoms. The van der Waals surface area contributed by atoms with Gasteiger partial charge in [0.15, 0.2) is 17.4 Å². The summed E-state index contributed by atoms with van der Waals surface area (Å²) in [5, 5.41) is 13.2. The Balaban J connectivity index is 2.28. The predicted octanol–water partition coefficient (Wildman–Crippen LogP) is 3.02. The van der Waals surface area contributed by atoms with Gasteiger partial charge in [-0.15, -0.1) is 0 Å². The minimum atomic E-state index is -0.830. The van der Waals surface area contributed by atoms with Crippen molar-refractivity contribution in [2.75, 3.05) is 17.9 Å². The molecule has 0 atom stereocenters. The highest BCUT2D eigenvalue weighted by atomic mass is 19.1. The number of nitrogens with zero attached hydrogens (tertiary/aromatic N) is 1. The number of hydrogen-bond acceptors (Lipinski definition) is 5. The normalized spacial score (nSPS) is 10.1. The molecule has 0 saturated heterocycles. The van der Waals surface area contributed by atoms with Crippen molar-refractivity contribution in [3.8, 4) is 5.75 Å². The second-order valence-corrected chi connectivity index (χ2v) is 3.63. The molecule has 1 aromatic heterocycles. The molecule has 1 aromatic carbocycles. The van der Waals surface area contributed by atoms with Gasteiger partial charge >= 0.3 is 0 Å². The number of halogens is 2. The summed E-state index contributed by atoms with van der Waals surface area (Å²) in [4.78, 5) is 3.92. The van der Waals surface area contributed by atoms with Gasteiger partial charge in [-0.2, -0.15) is 0 Å². The van der Waals surface area contributed by atoms with Crippen LogP contribution in [-0.2, 0) is 0 Å². The van der Waals surface area contributed by atoms with Crippen molar-refractivity contribution in [3.63, 3.8) is 0 Å². The van der Waals surface area contributed by atoms with Crippen LogP contribution >= 0.6 is 0 Å². The van der Waals surface area contributed by atoms with Gasteiger partial charge in [0, 0.05) is 35.8 Å². The number of hydrogen-bond donors (Lipinski definition) is 2. The Morgan fingerprint density at radius 3 is 2.42 bits per heavy atom. The summed E-state index contributed by atoms with van der Waals surface area (Å²) in [5.41, 5.74) is 2.14. The molecule has 1 heterocycles. The highest BCUT2D eigenvalue weighted by Crippen LogP contribution is 2.27. The molecule has 0 aliphatic rings. The standard InChI is InChI=1S/C12H10F2N3O2/c1-19-12-9(13)4-8(5-10(12)14)16-11-6-7(17-18)2-3-15-11/h2-6H,1H3,(H2-,15,16,17,18)/q-1. The van der Waals surface area contributed by atoms with E-state index in [9.17, 15) is 14.0 Å². The van der Waals surface area contributed by atoms with Gasteiger partial charge in [-0.3, -0.25) is 0 Å². The number of methoxy groups -OCH3 is 1. The van der Waals surface area contributed by atoms with E-state index in [4.69, 9.17) is 0 Å². The van der Waals surface area contributed by atoms with Crippen LogP contribution in [-0.4, -0.2) is 12.1 Å². The topological polar surface area (TPSA) is 69.2 Å². The van der Waals surface area contributed by atoms with Crippen LogP contribution in [0.5, 0.6) is 5.75 Å². The summed E-state index contributed by atoms with van der Waals surface area (Å²) in [6.07, 6.45) is 1.39. The summed E-state index contributed by atoms with van der Waals surface area (Å²) in [6.45, 7) is 0. The van der Waals surface area contributed by atoms with Crippen LogP contribution in [0.3, 0.4) is 0 Å². The Morgan fingerprint density at radius 2 is 1.84 bits per heavy atom. The van der Waals surface area contributed by atoms with Crippen molar-refractivity contribution in [1.29, 1.82) is 0 Å². The van der Waals surface area contributed by atoms with Crippen molar-refractivity contribution in [1.82, 2.24) is 4.98 Å². The summed E-state index contributed by atoms with van der Waals surface area (Å²) in [7, 11) is 1.18. The van der Waals surface area contributed by atoms with E-state index in [2.05, 4.69) is 15.0 Å². The Kier molecular flexibility index (Phi) is 3.76. The summed E-state index contributed by atoms with van der Waals surface area (Å²) in [5.74, 6) is -1.83. The van der Waals surface area contributed by atoms with Crippen LogP contribution in [0.1, 0.15) is 0 Å². The Hall–Kier alpha value is -2.41. The Labute approximate surface area is 107 Å². The highest BCUT2D eigenvalue weighted by molar-refractivity contribution is 5.61. The van der Waals surface area contributed by atoms with E-state index in [1.54, 1.807) is 5.48 Å². The molecule has 7 heteroatoms. The molecular formula is C12H10F2N3O2-. The number of rotatable bonds is 4. The van der Waals surface area contributed by atoms with Crippen molar-refractivity contribution < 1.29 is 13.5 Å². The maximum absolute atomic E-state index is 13.5. The van der Waals surface area contributed by atoms with Gasteiger partial charge in [-0.05, 0) is 6.07 Å². The van der Waals surface area contributed by atoms with Gasteiger partial charge in [0.1, 0.15) is 5.82 Å². The van der Waals surface area contributed by atoms with Crippen molar-refractivity contribution in [3.05, 3.63) is 47.3 Å². The molecule has 0 radical (unpaired) electrons. The van der Waals surface area contributed by atoms with Crippen LogP contribution in [0.25, 0.3) is 0 Å². The molecule has 0 aliphatic heterocycles. The zero-order valence-corrected chi connectivity index (χ0v) is 9.91. The first kappa shape index (κ1) is 13.0. The Bertz CT molecular complexity index is 570. The molecule has 100 valence electrons. The summed E-state index contributed by atoms with van der Waals surface area (Å²) >= 11 is 0. The first-order valence-corrected chi connectivity index (χ1v) is 5.28. The number of pyridine rings is 1. The van der Waals surface area contributed by atoms with E-state index in [0.29, 0.717) is 0 Å². The largest absolute Gasteiger partial charge is 0.761 e. The van der Waals surface area contributed by atoms with Crippen molar-refractivity contribution >= 4 is 17.2 Å². The predicted molar refractivity (Wildman–Crippen MR) is 67.4 cm³/mol. The molecule has 0 saturated carbocycles. The van der Waals surface area contributed by atoms with Gasteiger partial charge < -0.3 is 20.7 Å². The van der Waals surface area contributed by atoms with E-state index in [-0.39, 0.29) is 17.2 Å². The third-order valence-corrected chi connectivity index (χ3v) is 2.35. The van der Waals surface area contributed by atoms with E-state index in [1.165, 1.54) is 25.4 Å². The van der Waals surface area contributed by atoms with Gasteiger partial charge in [-0.25, -0.2) is 13.8 Å². The molecule has 0 spiro atoms. The first-order chi connectivity index (χ1) is 9.13. The molecule has 19 heavy (non-hydrogen) atoms. The van der Waals surface area contributed by atoms with Gasteiger partial charge in [0.25, 0.3) is 0 Å². The quantitative estimate of drug-likeness (QED) is 0.832. The maximum Gasteiger partial charge on any atom is 0.190 e. The SMILES string of the molecule is COc1c(F)cc(Nc2cc(N[O-])ccn2)cc1F. The van der Waals surface area contributed by atoms with Crippen LogP contribution in [0, 0.1) is 16.8 Å². The highest BCUT2D eigenvalue weighted by Gasteiger charge is 2.11. The zero-order valence-electron chi connectivity index (χ0n) is 9.91. The lowest BCUT2D eigenvalue weighted by Crippen LogP contribution is -1.98. The molecule has 0 aliphatic carbocycles. The van der Waals surface area contributed by atoms with Crippen molar-refractivity contribution in [2.45, 2.75) is 0 Å². The molecule has 2 aromatic rings. The maximum atomic E-state index is 13.5. The van der Waals surface area contributed by atoms with Gasteiger partial charge in [0.05, 0.1) is 7.11 Å². The number of ether oxygens (including phenoxy) is 1.